The lowest BCUT2D eigenvalue weighted by molar-refractivity contribution is -0.121. The molecule has 0 saturated heterocycles. The monoisotopic (exact) mass is 325 g/mol. The van der Waals surface area contributed by atoms with Crippen LogP contribution in [-0.2, 0) is 28.0 Å². The van der Waals surface area contributed by atoms with Crippen molar-refractivity contribution in [2.24, 2.45) is 0 Å². The Morgan fingerprint density at radius 2 is 1.95 bits per heavy atom. The number of nitrogens with zero attached hydrogens (tertiary/aromatic N) is 2. The molecular formula is C15H23N3O3S. The minimum atomic E-state index is -3.62. The van der Waals surface area contributed by atoms with Gasteiger partial charge >= 0.3 is 0 Å². The van der Waals surface area contributed by atoms with E-state index in [1.54, 1.807) is 6.92 Å². The van der Waals surface area contributed by atoms with Gasteiger partial charge in [-0.05, 0) is 24.5 Å². The summed E-state index contributed by atoms with van der Waals surface area (Å²) in [6, 6.07) is 7.88. The topological polar surface area (TPSA) is 69.7 Å². The van der Waals surface area contributed by atoms with Crippen LogP contribution in [0.25, 0.3) is 0 Å². The Bertz CT molecular complexity index is 631. The highest BCUT2D eigenvalue weighted by atomic mass is 32.2. The highest BCUT2D eigenvalue weighted by Crippen LogP contribution is 2.22. The van der Waals surface area contributed by atoms with Crippen LogP contribution in [0.3, 0.4) is 0 Å². The number of amides is 1. The molecule has 1 heterocycles. The van der Waals surface area contributed by atoms with Crippen LogP contribution in [0.4, 0.5) is 0 Å². The number of carbonyl (C=O) groups excluding carboxylic acids is 1. The van der Waals surface area contributed by atoms with Crippen LogP contribution in [0.5, 0.6) is 0 Å². The maximum absolute atomic E-state index is 12.7. The second-order valence-electron chi connectivity index (χ2n) is 5.24. The molecule has 1 aliphatic heterocycles. The van der Waals surface area contributed by atoms with Crippen molar-refractivity contribution >= 4 is 16.1 Å². The van der Waals surface area contributed by atoms with Crippen molar-refractivity contribution in [2.75, 3.05) is 26.2 Å². The fraction of sp³-hybridized carbons (Fsp3) is 0.533. The maximum atomic E-state index is 12.7. The van der Waals surface area contributed by atoms with Crippen LogP contribution >= 0.6 is 0 Å². The third-order valence-electron chi connectivity index (χ3n) is 3.79. The van der Waals surface area contributed by atoms with Gasteiger partial charge in [-0.2, -0.15) is 17.0 Å². The van der Waals surface area contributed by atoms with Crippen LogP contribution in [0.15, 0.2) is 24.3 Å². The molecule has 1 N–H and O–H groups in total. The zero-order valence-corrected chi connectivity index (χ0v) is 13.9. The van der Waals surface area contributed by atoms with Crippen LogP contribution in [0.2, 0.25) is 0 Å². The van der Waals surface area contributed by atoms with Gasteiger partial charge in [-0.25, -0.2) is 0 Å². The fourth-order valence-corrected chi connectivity index (χ4v) is 4.16. The molecule has 0 bridgehead atoms. The Kier molecular flexibility index (Phi) is 5.55. The smallest absolute Gasteiger partial charge is 0.282 e. The van der Waals surface area contributed by atoms with Gasteiger partial charge in [-0.15, -0.1) is 0 Å². The Balaban J connectivity index is 2.14. The first kappa shape index (κ1) is 16.9. The molecule has 0 spiro atoms. The van der Waals surface area contributed by atoms with E-state index >= 15 is 0 Å². The second-order valence-corrected chi connectivity index (χ2v) is 7.17. The van der Waals surface area contributed by atoms with E-state index in [9.17, 15) is 13.2 Å². The van der Waals surface area contributed by atoms with E-state index in [0.717, 1.165) is 5.56 Å². The average molecular weight is 325 g/mol. The summed E-state index contributed by atoms with van der Waals surface area (Å²) in [7, 11) is -3.62. The number of fused-ring (bicyclic) bond motifs is 1. The van der Waals surface area contributed by atoms with E-state index in [4.69, 9.17) is 0 Å². The number of likely N-dealkylation sites (N-methyl/N-ethyl adjacent to an activating group) is 2. The summed E-state index contributed by atoms with van der Waals surface area (Å²) in [6.07, 6.45) is 0.702. The van der Waals surface area contributed by atoms with E-state index in [1.807, 2.05) is 31.2 Å². The van der Waals surface area contributed by atoms with Gasteiger partial charge in [0, 0.05) is 26.2 Å². The zero-order chi connectivity index (χ0) is 16.2. The van der Waals surface area contributed by atoms with Crippen molar-refractivity contribution in [2.45, 2.75) is 26.8 Å². The molecule has 6 nitrogen and oxygen atoms in total. The van der Waals surface area contributed by atoms with Crippen LogP contribution in [0.1, 0.15) is 25.0 Å². The fourth-order valence-electron chi connectivity index (χ4n) is 2.60. The first-order valence-electron chi connectivity index (χ1n) is 7.57. The van der Waals surface area contributed by atoms with Gasteiger partial charge in [0.1, 0.15) is 0 Å². The van der Waals surface area contributed by atoms with Gasteiger partial charge in [0.2, 0.25) is 5.91 Å². The lowest BCUT2D eigenvalue weighted by atomic mass is 10.0. The number of nitrogens with one attached hydrogen (secondary N) is 1. The predicted molar refractivity (Wildman–Crippen MR) is 85.4 cm³/mol. The molecule has 1 aliphatic rings. The molecule has 22 heavy (non-hydrogen) atoms. The van der Waals surface area contributed by atoms with Crippen LogP contribution in [0, 0.1) is 0 Å². The number of carbonyl (C=O) groups is 1. The SMILES string of the molecule is CCNC(=O)CN(CC)S(=O)(=O)N1CCc2ccccc2C1. The number of hydrogen-bond acceptors (Lipinski definition) is 3. The van der Waals surface area contributed by atoms with Gasteiger partial charge < -0.3 is 5.32 Å². The molecular weight excluding hydrogens is 302 g/mol. The average Bonchev–Trinajstić information content (AvgIpc) is 2.52. The summed E-state index contributed by atoms with van der Waals surface area (Å²) >= 11 is 0. The minimum Gasteiger partial charge on any atom is -0.355 e. The summed E-state index contributed by atoms with van der Waals surface area (Å²) < 4.78 is 28.2. The van der Waals surface area contributed by atoms with E-state index in [2.05, 4.69) is 5.32 Å². The molecule has 122 valence electrons. The largest absolute Gasteiger partial charge is 0.355 e. The summed E-state index contributed by atoms with van der Waals surface area (Å²) in [5.74, 6) is -0.273. The first-order chi connectivity index (χ1) is 10.5. The normalized spacial score (nSPS) is 15.6. The molecule has 1 aromatic carbocycles. The molecule has 1 aromatic rings. The van der Waals surface area contributed by atoms with Gasteiger partial charge in [-0.3, -0.25) is 4.79 Å². The summed E-state index contributed by atoms with van der Waals surface area (Å²) in [5.41, 5.74) is 2.23. The second kappa shape index (κ2) is 7.21. The van der Waals surface area contributed by atoms with Crippen molar-refractivity contribution in [1.29, 1.82) is 0 Å². The quantitative estimate of drug-likeness (QED) is 0.839. The van der Waals surface area contributed by atoms with E-state index in [0.29, 0.717) is 26.1 Å². The van der Waals surface area contributed by atoms with Crippen molar-refractivity contribution in [3.8, 4) is 0 Å². The van der Waals surface area contributed by atoms with E-state index < -0.39 is 10.2 Å². The molecule has 0 aromatic heterocycles. The predicted octanol–water partition coefficient (Wildman–Crippen LogP) is 0.748. The molecule has 0 fully saturated rings. The number of benzene rings is 1. The lowest BCUT2D eigenvalue weighted by Crippen LogP contribution is -2.49. The van der Waals surface area contributed by atoms with Crippen LogP contribution < -0.4 is 5.32 Å². The third-order valence-corrected chi connectivity index (χ3v) is 5.80. The Hall–Kier alpha value is -1.44. The highest BCUT2D eigenvalue weighted by molar-refractivity contribution is 7.86. The number of hydrogen-bond donors (Lipinski definition) is 1. The van der Waals surface area contributed by atoms with Gasteiger partial charge in [0.05, 0.1) is 6.54 Å². The van der Waals surface area contributed by atoms with Gasteiger partial charge in [-0.1, -0.05) is 31.2 Å². The molecule has 0 saturated carbocycles. The van der Waals surface area contributed by atoms with Crippen molar-refractivity contribution in [3.05, 3.63) is 35.4 Å². The van der Waals surface area contributed by atoms with Crippen molar-refractivity contribution < 1.29 is 13.2 Å². The molecule has 0 radical (unpaired) electrons. The standard InChI is InChI=1S/C15H23N3O3S/c1-3-16-15(19)12-17(4-2)22(20,21)18-10-9-13-7-5-6-8-14(13)11-18/h5-8H,3-4,9-12H2,1-2H3,(H,16,19). The summed E-state index contributed by atoms with van der Waals surface area (Å²) in [5, 5.41) is 2.64. The van der Waals surface area contributed by atoms with Gasteiger partial charge in [0.25, 0.3) is 10.2 Å². The molecule has 0 unspecified atom stereocenters. The first-order valence-corrected chi connectivity index (χ1v) is 8.97. The Labute approximate surface area is 132 Å². The summed E-state index contributed by atoms with van der Waals surface area (Å²) in [6.45, 7) is 5.00. The van der Waals surface area contributed by atoms with Crippen molar-refractivity contribution in [1.82, 2.24) is 13.9 Å². The summed E-state index contributed by atoms with van der Waals surface area (Å²) in [4.78, 5) is 11.7. The van der Waals surface area contributed by atoms with E-state index in [-0.39, 0.29) is 19.0 Å². The van der Waals surface area contributed by atoms with E-state index in [1.165, 1.54) is 14.2 Å². The lowest BCUT2D eigenvalue weighted by Gasteiger charge is -2.32. The van der Waals surface area contributed by atoms with Crippen molar-refractivity contribution in [3.63, 3.8) is 0 Å². The zero-order valence-electron chi connectivity index (χ0n) is 13.1. The van der Waals surface area contributed by atoms with Crippen LogP contribution in [-0.4, -0.2) is 49.1 Å². The van der Waals surface area contributed by atoms with Gasteiger partial charge in [0.15, 0.2) is 0 Å². The number of rotatable bonds is 6. The molecule has 2 rings (SSSR count). The Morgan fingerprint density at radius 1 is 1.27 bits per heavy atom. The molecule has 7 heteroatoms. The molecule has 1 amide bonds. The minimum absolute atomic E-state index is 0.134. The molecule has 0 atom stereocenters. The Morgan fingerprint density at radius 3 is 2.59 bits per heavy atom. The highest BCUT2D eigenvalue weighted by Gasteiger charge is 2.32. The molecule has 0 aliphatic carbocycles. The third kappa shape index (κ3) is 3.66. The maximum Gasteiger partial charge on any atom is 0.282 e.